The van der Waals surface area contributed by atoms with Crippen molar-refractivity contribution >= 4 is 48.1 Å². The van der Waals surface area contributed by atoms with Crippen LogP contribution in [-0.2, 0) is 26.4 Å². The number of rotatable bonds is 10. The van der Waals surface area contributed by atoms with Crippen LogP contribution in [0, 0.1) is 0 Å². The van der Waals surface area contributed by atoms with Gasteiger partial charge in [-0.15, -0.1) is 37.2 Å². The van der Waals surface area contributed by atoms with Crippen molar-refractivity contribution in [1.29, 1.82) is 0 Å². The minimum atomic E-state index is -0.0348. The minimum Gasteiger partial charge on any atom is -0.491 e. The molecule has 0 aliphatic rings. The summed E-state index contributed by atoms with van der Waals surface area (Å²) < 4.78 is 7.62. The standard InChI is InChI=1S/C26H28N4O2.3ClH/c1-30-25(31)11-9-22-6-2-7-24(26(22)30)32-16-4-14-28-19-21-12-15-29-23(17-21)10-8-20-5-3-13-27-18-20;;;/h2-3,5-7,9,11-13,15,17-18,28H,4,8,10,14,16,19H2,1H3;3*1H. The maximum atomic E-state index is 12.0. The molecule has 4 rings (SSSR count). The Morgan fingerprint density at radius 2 is 1.80 bits per heavy atom. The molecule has 188 valence electrons. The maximum Gasteiger partial charge on any atom is 0.250 e. The molecular formula is C26H31Cl3N4O2. The molecule has 0 bridgehead atoms. The third-order valence-corrected chi connectivity index (χ3v) is 5.46. The van der Waals surface area contributed by atoms with Crippen molar-refractivity contribution in [2.75, 3.05) is 13.2 Å². The summed E-state index contributed by atoms with van der Waals surface area (Å²) in [6.45, 7) is 2.23. The molecular weight excluding hydrogens is 507 g/mol. The van der Waals surface area contributed by atoms with Gasteiger partial charge in [-0.05, 0) is 67.3 Å². The Balaban J connectivity index is 0.00000204. The third-order valence-electron chi connectivity index (χ3n) is 5.46. The van der Waals surface area contributed by atoms with Crippen LogP contribution >= 0.6 is 37.2 Å². The Labute approximate surface area is 224 Å². The predicted molar refractivity (Wildman–Crippen MR) is 149 cm³/mol. The van der Waals surface area contributed by atoms with Gasteiger partial charge < -0.3 is 14.6 Å². The molecule has 0 fully saturated rings. The van der Waals surface area contributed by atoms with E-state index in [4.69, 9.17) is 4.74 Å². The molecule has 0 atom stereocenters. The SMILES string of the molecule is Cl.Cl.Cl.Cn1c(=O)ccc2cccc(OCCCNCc3ccnc(CCc4cccnc4)c3)c21. The van der Waals surface area contributed by atoms with Gasteiger partial charge in [0, 0.05) is 49.3 Å². The topological polar surface area (TPSA) is 69.0 Å². The molecule has 3 aromatic heterocycles. The average Bonchev–Trinajstić information content (AvgIpc) is 2.83. The molecule has 0 spiro atoms. The summed E-state index contributed by atoms with van der Waals surface area (Å²) in [5.41, 5.74) is 4.35. The van der Waals surface area contributed by atoms with E-state index in [0.717, 1.165) is 54.7 Å². The molecule has 4 aromatic rings. The van der Waals surface area contributed by atoms with Crippen LogP contribution in [-0.4, -0.2) is 27.7 Å². The number of para-hydroxylation sites is 1. The predicted octanol–water partition coefficient (Wildman–Crippen LogP) is 4.94. The van der Waals surface area contributed by atoms with E-state index in [1.807, 2.05) is 48.8 Å². The van der Waals surface area contributed by atoms with E-state index in [-0.39, 0.29) is 42.8 Å². The number of nitrogens with zero attached hydrogens (tertiary/aromatic N) is 3. The number of aromatic nitrogens is 3. The number of ether oxygens (including phenoxy) is 1. The molecule has 0 radical (unpaired) electrons. The lowest BCUT2D eigenvalue weighted by molar-refractivity contribution is 0.310. The number of hydrogen-bond donors (Lipinski definition) is 1. The van der Waals surface area contributed by atoms with Crippen LogP contribution in [0.3, 0.4) is 0 Å². The number of aryl methyl sites for hydroxylation is 3. The van der Waals surface area contributed by atoms with Crippen molar-refractivity contribution in [2.45, 2.75) is 25.8 Å². The minimum absolute atomic E-state index is 0. The van der Waals surface area contributed by atoms with Gasteiger partial charge in [-0.2, -0.15) is 0 Å². The van der Waals surface area contributed by atoms with E-state index in [9.17, 15) is 4.79 Å². The number of pyridine rings is 3. The van der Waals surface area contributed by atoms with Gasteiger partial charge in [-0.1, -0.05) is 18.2 Å². The second kappa shape index (κ2) is 15.4. The highest BCUT2D eigenvalue weighted by atomic mass is 35.5. The number of nitrogens with one attached hydrogen (secondary N) is 1. The third kappa shape index (κ3) is 8.51. The molecule has 35 heavy (non-hydrogen) atoms. The van der Waals surface area contributed by atoms with Gasteiger partial charge in [0.05, 0.1) is 12.1 Å². The first-order valence-corrected chi connectivity index (χ1v) is 11.0. The largest absolute Gasteiger partial charge is 0.491 e. The molecule has 3 heterocycles. The number of fused-ring (bicyclic) bond motifs is 1. The average molecular weight is 538 g/mol. The van der Waals surface area contributed by atoms with Crippen LogP contribution < -0.4 is 15.6 Å². The summed E-state index contributed by atoms with van der Waals surface area (Å²) in [6.07, 6.45) is 8.30. The first-order valence-electron chi connectivity index (χ1n) is 11.0. The van der Waals surface area contributed by atoms with E-state index in [0.29, 0.717) is 6.61 Å². The van der Waals surface area contributed by atoms with Crippen molar-refractivity contribution in [3.8, 4) is 5.75 Å². The number of benzene rings is 1. The Morgan fingerprint density at radius 3 is 2.60 bits per heavy atom. The van der Waals surface area contributed by atoms with Gasteiger partial charge in [0.15, 0.2) is 0 Å². The van der Waals surface area contributed by atoms with Gasteiger partial charge in [0.25, 0.3) is 5.56 Å². The zero-order valence-electron chi connectivity index (χ0n) is 19.6. The first kappa shape index (κ1) is 30.4. The highest BCUT2D eigenvalue weighted by Crippen LogP contribution is 2.23. The Hall–Kier alpha value is -2.64. The normalized spacial score (nSPS) is 10.1. The van der Waals surface area contributed by atoms with Crippen LogP contribution in [0.2, 0.25) is 0 Å². The quantitative estimate of drug-likeness (QED) is 0.290. The Morgan fingerprint density at radius 1 is 0.943 bits per heavy atom. The van der Waals surface area contributed by atoms with Crippen LogP contribution in [0.25, 0.3) is 10.9 Å². The number of halogens is 3. The van der Waals surface area contributed by atoms with Crippen LogP contribution in [0.1, 0.15) is 23.2 Å². The molecule has 1 N–H and O–H groups in total. The van der Waals surface area contributed by atoms with E-state index in [2.05, 4.69) is 27.4 Å². The Bertz CT molecular complexity index is 1240. The zero-order valence-corrected chi connectivity index (χ0v) is 22.0. The fraction of sp³-hybridized carbons (Fsp3) is 0.269. The molecule has 0 unspecified atom stereocenters. The summed E-state index contributed by atoms with van der Waals surface area (Å²) in [4.78, 5) is 20.6. The fourth-order valence-electron chi connectivity index (χ4n) is 3.74. The molecule has 1 aromatic carbocycles. The summed E-state index contributed by atoms with van der Waals surface area (Å²) in [7, 11) is 1.78. The van der Waals surface area contributed by atoms with Crippen molar-refractivity contribution in [1.82, 2.24) is 19.9 Å². The maximum absolute atomic E-state index is 12.0. The summed E-state index contributed by atoms with van der Waals surface area (Å²) >= 11 is 0. The lowest BCUT2D eigenvalue weighted by Gasteiger charge is -2.12. The van der Waals surface area contributed by atoms with Crippen LogP contribution in [0.4, 0.5) is 0 Å². The first-order chi connectivity index (χ1) is 15.7. The zero-order chi connectivity index (χ0) is 22.2. The van der Waals surface area contributed by atoms with Gasteiger partial charge in [-0.3, -0.25) is 14.8 Å². The lowest BCUT2D eigenvalue weighted by atomic mass is 10.1. The van der Waals surface area contributed by atoms with E-state index >= 15 is 0 Å². The van der Waals surface area contributed by atoms with Gasteiger partial charge >= 0.3 is 0 Å². The number of hydrogen-bond acceptors (Lipinski definition) is 5. The van der Waals surface area contributed by atoms with Crippen molar-refractivity contribution in [3.63, 3.8) is 0 Å². The van der Waals surface area contributed by atoms with Crippen LogP contribution in [0.5, 0.6) is 5.75 Å². The van der Waals surface area contributed by atoms with Crippen molar-refractivity contribution in [3.05, 3.63) is 100 Å². The molecule has 0 aliphatic heterocycles. The summed E-state index contributed by atoms with van der Waals surface area (Å²) in [5.74, 6) is 0.745. The molecule has 6 nitrogen and oxygen atoms in total. The Kier molecular flexibility index (Phi) is 13.3. The second-order valence-corrected chi connectivity index (χ2v) is 7.82. The highest BCUT2D eigenvalue weighted by molar-refractivity contribution is 5.86. The van der Waals surface area contributed by atoms with Crippen molar-refractivity contribution < 1.29 is 4.74 Å². The van der Waals surface area contributed by atoms with Gasteiger partial charge in [0.1, 0.15) is 5.75 Å². The van der Waals surface area contributed by atoms with Crippen molar-refractivity contribution in [2.24, 2.45) is 7.05 Å². The smallest absolute Gasteiger partial charge is 0.250 e. The monoisotopic (exact) mass is 536 g/mol. The fourth-order valence-corrected chi connectivity index (χ4v) is 3.74. The molecule has 0 saturated heterocycles. The highest BCUT2D eigenvalue weighted by Gasteiger charge is 2.06. The molecule has 0 saturated carbocycles. The van der Waals surface area contributed by atoms with E-state index < -0.39 is 0 Å². The van der Waals surface area contributed by atoms with E-state index in [1.165, 1.54) is 11.1 Å². The molecule has 9 heteroatoms. The van der Waals surface area contributed by atoms with Gasteiger partial charge in [0.2, 0.25) is 0 Å². The summed E-state index contributed by atoms with van der Waals surface area (Å²) in [6, 6.07) is 17.6. The molecule has 0 aliphatic carbocycles. The lowest BCUT2D eigenvalue weighted by Crippen LogP contribution is -2.18. The van der Waals surface area contributed by atoms with Crippen LogP contribution in [0.15, 0.2) is 78.0 Å². The van der Waals surface area contributed by atoms with E-state index in [1.54, 1.807) is 23.9 Å². The van der Waals surface area contributed by atoms with Gasteiger partial charge in [-0.25, -0.2) is 0 Å². The molecule has 0 amide bonds. The second-order valence-electron chi connectivity index (χ2n) is 7.82. The summed E-state index contributed by atoms with van der Waals surface area (Å²) in [5, 5.41) is 4.47.